The summed E-state index contributed by atoms with van der Waals surface area (Å²) in [5.74, 6) is 0.00195. The van der Waals surface area contributed by atoms with Crippen LogP contribution in [0.1, 0.15) is 11.1 Å². The Hall–Kier alpha value is -1.38. The second-order valence-corrected chi connectivity index (χ2v) is 5.10. The van der Waals surface area contributed by atoms with Gasteiger partial charge in [-0.05, 0) is 49.2 Å². The molecule has 0 radical (unpaired) electrons. The monoisotopic (exact) mass is 282 g/mol. The molecule has 0 aromatic heterocycles. The quantitative estimate of drug-likeness (QED) is 0.797. The van der Waals surface area contributed by atoms with E-state index in [2.05, 4.69) is 0 Å². The summed E-state index contributed by atoms with van der Waals surface area (Å²) >= 11 is 12.2. The average Bonchev–Trinajstić information content (AvgIpc) is 2.20. The highest BCUT2D eigenvalue weighted by Gasteiger charge is 2.17. The van der Waals surface area contributed by atoms with Gasteiger partial charge in [-0.15, -0.1) is 0 Å². The van der Waals surface area contributed by atoms with Gasteiger partial charge >= 0.3 is 0 Å². The number of phenolic OH excluding ortho intramolecular Hbond substituents is 2. The van der Waals surface area contributed by atoms with Crippen molar-refractivity contribution in [2.24, 2.45) is 0 Å². The number of phenols is 2. The summed E-state index contributed by atoms with van der Waals surface area (Å²) in [6.45, 7) is 3.65. The predicted octanol–water partition coefficient (Wildman–Crippen LogP) is 4.69. The fraction of sp³-hybridized carbons (Fsp3) is 0.143. The van der Waals surface area contributed by atoms with Crippen molar-refractivity contribution >= 4 is 23.2 Å². The van der Waals surface area contributed by atoms with Gasteiger partial charge in [-0.25, -0.2) is 0 Å². The summed E-state index contributed by atoms with van der Waals surface area (Å²) in [7, 11) is 0. The second kappa shape index (κ2) is 4.71. The number of benzene rings is 2. The zero-order valence-corrected chi connectivity index (χ0v) is 11.5. The third-order valence-corrected chi connectivity index (χ3v) is 3.27. The lowest BCUT2D eigenvalue weighted by molar-refractivity contribution is 0.468. The van der Waals surface area contributed by atoms with Gasteiger partial charge in [-0.1, -0.05) is 23.2 Å². The summed E-state index contributed by atoms with van der Waals surface area (Å²) < 4.78 is 0. The Kier molecular flexibility index (Phi) is 3.42. The molecule has 0 bridgehead atoms. The zero-order valence-electron chi connectivity index (χ0n) is 9.96. The minimum atomic E-state index is 0.000975. The second-order valence-electron chi connectivity index (χ2n) is 4.28. The van der Waals surface area contributed by atoms with E-state index >= 15 is 0 Å². The molecule has 0 aliphatic rings. The number of halogens is 2. The number of hydrogen-bond acceptors (Lipinski definition) is 2. The molecule has 0 spiro atoms. The molecule has 0 aliphatic carbocycles. The van der Waals surface area contributed by atoms with E-state index in [0.717, 1.165) is 11.1 Å². The molecule has 94 valence electrons. The average molecular weight is 283 g/mol. The van der Waals surface area contributed by atoms with Gasteiger partial charge in [0, 0.05) is 11.1 Å². The van der Waals surface area contributed by atoms with Crippen molar-refractivity contribution in [2.45, 2.75) is 13.8 Å². The van der Waals surface area contributed by atoms with E-state index in [1.54, 1.807) is 24.3 Å². The van der Waals surface area contributed by atoms with Crippen LogP contribution in [0, 0.1) is 13.8 Å². The van der Waals surface area contributed by atoms with Crippen LogP contribution in [-0.4, -0.2) is 10.2 Å². The van der Waals surface area contributed by atoms with Crippen LogP contribution >= 0.6 is 23.2 Å². The highest BCUT2D eigenvalue weighted by atomic mass is 35.5. The maximum absolute atomic E-state index is 9.99. The van der Waals surface area contributed by atoms with Gasteiger partial charge in [-0.3, -0.25) is 0 Å². The zero-order chi connectivity index (χ0) is 13.4. The highest BCUT2D eigenvalue weighted by molar-refractivity contribution is 6.37. The van der Waals surface area contributed by atoms with E-state index < -0.39 is 0 Å². The van der Waals surface area contributed by atoms with E-state index in [9.17, 15) is 10.2 Å². The SMILES string of the molecule is Cc1cc(O)c(-c2c(O)cc(C)cc2Cl)c(Cl)c1. The lowest BCUT2D eigenvalue weighted by Crippen LogP contribution is -1.87. The van der Waals surface area contributed by atoms with Crippen LogP contribution in [0.3, 0.4) is 0 Å². The van der Waals surface area contributed by atoms with Gasteiger partial charge in [0.05, 0.1) is 10.0 Å². The van der Waals surface area contributed by atoms with Crippen LogP contribution < -0.4 is 0 Å². The van der Waals surface area contributed by atoms with Crippen molar-refractivity contribution in [3.05, 3.63) is 45.4 Å². The Balaban J connectivity index is 2.78. The summed E-state index contributed by atoms with van der Waals surface area (Å²) in [4.78, 5) is 0. The van der Waals surface area contributed by atoms with Crippen LogP contribution in [0.25, 0.3) is 11.1 Å². The van der Waals surface area contributed by atoms with Gasteiger partial charge in [0.1, 0.15) is 11.5 Å². The van der Waals surface area contributed by atoms with Gasteiger partial charge < -0.3 is 10.2 Å². The van der Waals surface area contributed by atoms with Crippen LogP contribution in [0.5, 0.6) is 11.5 Å². The number of aromatic hydroxyl groups is 2. The van der Waals surface area contributed by atoms with Crippen LogP contribution in [0.4, 0.5) is 0 Å². The molecule has 2 rings (SSSR count). The normalized spacial score (nSPS) is 10.7. The molecule has 0 aliphatic heterocycles. The number of aryl methyl sites for hydroxylation is 2. The van der Waals surface area contributed by atoms with E-state index in [1.807, 2.05) is 13.8 Å². The van der Waals surface area contributed by atoms with Crippen LogP contribution in [0.2, 0.25) is 10.0 Å². The molecule has 0 saturated heterocycles. The van der Waals surface area contributed by atoms with Crippen molar-refractivity contribution in [1.29, 1.82) is 0 Å². The minimum absolute atomic E-state index is 0.000975. The third kappa shape index (κ3) is 2.26. The molecule has 0 heterocycles. The van der Waals surface area contributed by atoms with E-state index in [-0.39, 0.29) is 11.5 Å². The van der Waals surface area contributed by atoms with Crippen molar-refractivity contribution < 1.29 is 10.2 Å². The maximum Gasteiger partial charge on any atom is 0.125 e. The standard InChI is InChI=1S/C14H12Cl2O2/c1-7-3-9(15)13(11(17)5-7)14-10(16)4-8(2)6-12(14)18/h3-6,17-18H,1-2H3. The van der Waals surface area contributed by atoms with Crippen LogP contribution in [-0.2, 0) is 0 Å². The molecule has 0 unspecified atom stereocenters. The van der Waals surface area contributed by atoms with E-state index in [4.69, 9.17) is 23.2 Å². The fourth-order valence-electron chi connectivity index (χ4n) is 1.94. The topological polar surface area (TPSA) is 40.5 Å². The summed E-state index contributed by atoms with van der Waals surface area (Å²) in [5.41, 5.74) is 2.38. The van der Waals surface area contributed by atoms with Crippen molar-refractivity contribution in [2.75, 3.05) is 0 Å². The van der Waals surface area contributed by atoms with Crippen molar-refractivity contribution in [1.82, 2.24) is 0 Å². The highest BCUT2D eigenvalue weighted by Crippen LogP contribution is 2.45. The molecule has 18 heavy (non-hydrogen) atoms. The number of rotatable bonds is 1. The van der Waals surface area contributed by atoms with Crippen molar-refractivity contribution in [3.63, 3.8) is 0 Å². The first-order valence-electron chi connectivity index (χ1n) is 5.38. The van der Waals surface area contributed by atoms with Gasteiger partial charge in [0.2, 0.25) is 0 Å². The first-order valence-corrected chi connectivity index (χ1v) is 6.14. The van der Waals surface area contributed by atoms with Crippen molar-refractivity contribution in [3.8, 4) is 22.6 Å². The maximum atomic E-state index is 9.99. The lowest BCUT2D eigenvalue weighted by Gasteiger charge is -2.13. The molecule has 2 nitrogen and oxygen atoms in total. The summed E-state index contributed by atoms with van der Waals surface area (Å²) in [6, 6.07) is 6.59. The van der Waals surface area contributed by atoms with E-state index in [1.165, 1.54) is 0 Å². The van der Waals surface area contributed by atoms with Gasteiger partial charge in [0.15, 0.2) is 0 Å². The molecule has 0 atom stereocenters. The fourth-order valence-corrected chi connectivity index (χ4v) is 2.67. The Morgan fingerprint density at radius 3 is 1.33 bits per heavy atom. The molecule has 2 aromatic rings. The smallest absolute Gasteiger partial charge is 0.125 e. The minimum Gasteiger partial charge on any atom is -0.507 e. The van der Waals surface area contributed by atoms with E-state index in [0.29, 0.717) is 21.2 Å². The first-order chi connectivity index (χ1) is 8.40. The predicted molar refractivity (Wildman–Crippen MR) is 74.7 cm³/mol. The number of hydrogen-bond donors (Lipinski definition) is 2. The molecule has 4 heteroatoms. The largest absolute Gasteiger partial charge is 0.507 e. The molecular formula is C14H12Cl2O2. The Bertz CT molecular complexity index is 520. The molecule has 0 amide bonds. The summed E-state index contributed by atoms with van der Waals surface area (Å²) in [5, 5.41) is 20.7. The Labute approximate surface area is 115 Å². The lowest BCUT2D eigenvalue weighted by atomic mass is 10.0. The first kappa shape index (κ1) is 13.1. The molecule has 0 saturated carbocycles. The molecular weight excluding hydrogens is 271 g/mol. The molecule has 2 aromatic carbocycles. The Morgan fingerprint density at radius 2 is 1.06 bits per heavy atom. The van der Waals surface area contributed by atoms with Crippen LogP contribution in [0.15, 0.2) is 24.3 Å². The third-order valence-electron chi connectivity index (χ3n) is 2.68. The van der Waals surface area contributed by atoms with Gasteiger partial charge in [0.25, 0.3) is 0 Å². The Morgan fingerprint density at radius 1 is 0.722 bits per heavy atom. The molecule has 0 fully saturated rings. The summed E-state index contributed by atoms with van der Waals surface area (Å²) in [6.07, 6.45) is 0. The molecule has 2 N–H and O–H groups in total. The van der Waals surface area contributed by atoms with Gasteiger partial charge in [-0.2, -0.15) is 0 Å².